The largest absolute Gasteiger partial charge is 0.293 e. The minimum atomic E-state index is -0.525. The van der Waals surface area contributed by atoms with Crippen LogP contribution >= 0.6 is 23.4 Å². The van der Waals surface area contributed by atoms with Gasteiger partial charge >= 0.3 is 0 Å². The van der Waals surface area contributed by atoms with E-state index in [0.717, 1.165) is 5.56 Å². The number of carbonyl (C=O) groups is 1. The van der Waals surface area contributed by atoms with Gasteiger partial charge in [-0.05, 0) is 23.8 Å². The predicted octanol–water partition coefficient (Wildman–Crippen LogP) is 3.30. The van der Waals surface area contributed by atoms with Crippen molar-refractivity contribution in [1.29, 1.82) is 0 Å². The molecule has 0 spiro atoms. The van der Waals surface area contributed by atoms with Gasteiger partial charge in [0.25, 0.3) is 5.91 Å². The van der Waals surface area contributed by atoms with Crippen molar-refractivity contribution in [2.24, 2.45) is 5.84 Å². The number of amides is 1. The van der Waals surface area contributed by atoms with Gasteiger partial charge < -0.3 is 0 Å². The number of rotatable bonds is 4. The van der Waals surface area contributed by atoms with Crippen LogP contribution in [0.5, 0.6) is 0 Å². The molecule has 0 heterocycles. The van der Waals surface area contributed by atoms with Crippen LogP contribution in [0.2, 0.25) is 5.02 Å². The number of hydrogen-bond donors (Lipinski definition) is 2. The molecular weight excluding hydrogens is 299 g/mol. The van der Waals surface area contributed by atoms with Gasteiger partial charge in [-0.25, -0.2) is 10.2 Å². The molecule has 2 rings (SSSR count). The minimum Gasteiger partial charge on any atom is -0.293 e. The van der Waals surface area contributed by atoms with E-state index in [-0.39, 0.29) is 10.9 Å². The fourth-order valence-corrected chi connectivity index (χ4v) is 2.98. The Labute approximate surface area is 125 Å². The first-order valence-corrected chi connectivity index (χ1v) is 7.04. The van der Waals surface area contributed by atoms with Crippen molar-refractivity contribution in [1.82, 2.24) is 5.43 Å². The maximum Gasteiger partial charge on any atom is 0.251 e. The summed E-state index contributed by atoms with van der Waals surface area (Å²) in [5.74, 6) is 4.40. The Kier molecular flexibility index (Phi) is 5.00. The highest BCUT2D eigenvalue weighted by Gasteiger charge is 2.21. The van der Waals surface area contributed by atoms with Crippen LogP contribution in [-0.2, 0) is 4.79 Å². The highest BCUT2D eigenvalue weighted by molar-refractivity contribution is 8.00. The van der Waals surface area contributed by atoms with E-state index in [4.69, 9.17) is 17.4 Å². The van der Waals surface area contributed by atoms with Gasteiger partial charge in [0.1, 0.15) is 11.1 Å². The van der Waals surface area contributed by atoms with Crippen LogP contribution in [0.1, 0.15) is 10.8 Å². The maximum atomic E-state index is 13.1. The number of thioether (sulfide) groups is 1. The lowest BCUT2D eigenvalue weighted by Gasteiger charge is -2.15. The molecule has 20 heavy (non-hydrogen) atoms. The quantitative estimate of drug-likeness (QED) is 0.394. The van der Waals surface area contributed by atoms with E-state index < -0.39 is 11.1 Å². The minimum absolute atomic E-state index is 0.0231. The van der Waals surface area contributed by atoms with Gasteiger partial charge in [-0.2, -0.15) is 0 Å². The van der Waals surface area contributed by atoms with Crippen molar-refractivity contribution in [3.63, 3.8) is 0 Å². The average Bonchev–Trinajstić information content (AvgIpc) is 2.48. The maximum absolute atomic E-state index is 13.1. The molecule has 0 aliphatic carbocycles. The average molecular weight is 311 g/mol. The molecule has 1 unspecified atom stereocenters. The zero-order chi connectivity index (χ0) is 14.5. The van der Waals surface area contributed by atoms with Crippen molar-refractivity contribution < 1.29 is 9.18 Å². The van der Waals surface area contributed by atoms with Crippen LogP contribution in [-0.4, -0.2) is 5.91 Å². The second kappa shape index (κ2) is 6.74. The highest BCUT2D eigenvalue weighted by atomic mass is 35.5. The van der Waals surface area contributed by atoms with E-state index >= 15 is 0 Å². The van der Waals surface area contributed by atoms with Crippen LogP contribution in [0.3, 0.4) is 0 Å². The summed E-state index contributed by atoms with van der Waals surface area (Å²) in [5, 5.41) is -0.502. The molecule has 6 heteroatoms. The zero-order valence-corrected chi connectivity index (χ0v) is 11.9. The Bertz CT molecular complexity index is 609. The van der Waals surface area contributed by atoms with E-state index in [9.17, 15) is 9.18 Å². The monoisotopic (exact) mass is 310 g/mol. The molecule has 104 valence electrons. The van der Waals surface area contributed by atoms with E-state index in [1.54, 1.807) is 6.07 Å². The van der Waals surface area contributed by atoms with Gasteiger partial charge in [0.15, 0.2) is 0 Å². The summed E-state index contributed by atoms with van der Waals surface area (Å²) in [4.78, 5) is 12.6. The third-order valence-electron chi connectivity index (χ3n) is 2.63. The second-order valence-corrected chi connectivity index (χ2v) is 5.58. The summed E-state index contributed by atoms with van der Waals surface area (Å²) in [7, 11) is 0. The molecule has 0 radical (unpaired) electrons. The molecule has 2 aromatic carbocycles. The third-order valence-corrected chi connectivity index (χ3v) is 4.17. The summed E-state index contributed by atoms with van der Waals surface area (Å²) in [5.41, 5.74) is 2.95. The van der Waals surface area contributed by atoms with Crippen LogP contribution in [0.25, 0.3) is 0 Å². The lowest BCUT2D eigenvalue weighted by molar-refractivity contribution is -0.120. The van der Waals surface area contributed by atoms with Gasteiger partial charge in [-0.15, -0.1) is 11.8 Å². The fourth-order valence-electron chi connectivity index (χ4n) is 1.66. The second-order valence-electron chi connectivity index (χ2n) is 3.99. The zero-order valence-electron chi connectivity index (χ0n) is 10.3. The first-order valence-electron chi connectivity index (χ1n) is 5.79. The molecule has 0 saturated carbocycles. The number of nitrogens with one attached hydrogen (secondary N) is 1. The Morgan fingerprint density at radius 1 is 1.25 bits per heavy atom. The lowest BCUT2D eigenvalue weighted by atomic mass is 10.1. The number of hydrogen-bond acceptors (Lipinski definition) is 3. The van der Waals surface area contributed by atoms with Crippen molar-refractivity contribution in [3.8, 4) is 0 Å². The smallest absolute Gasteiger partial charge is 0.251 e. The van der Waals surface area contributed by atoms with E-state index in [1.165, 1.54) is 23.9 Å². The predicted molar refractivity (Wildman–Crippen MR) is 78.8 cm³/mol. The SMILES string of the molecule is NNC(=O)C(Sc1ccc(F)c(Cl)c1)c1ccccc1. The molecule has 3 N–H and O–H groups in total. The van der Waals surface area contributed by atoms with Gasteiger partial charge in [0.2, 0.25) is 0 Å². The number of benzene rings is 2. The molecule has 1 amide bonds. The fraction of sp³-hybridized carbons (Fsp3) is 0.0714. The number of nitrogens with two attached hydrogens (primary N) is 1. The van der Waals surface area contributed by atoms with Crippen molar-refractivity contribution >= 4 is 29.3 Å². The number of carbonyl (C=O) groups excluding carboxylic acids is 1. The van der Waals surface area contributed by atoms with E-state index in [0.29, 0.717) is 4.90 Å². The molecule has 0 bridgehead atoms. The molecule has 0 saturated heterocycles. The van der Waals surface area contributed by atoms with Crippen molar-refractivity contribution in [3.05, 3.63) is 64.9 Å². The Hall–Kier alpha value is -1.56. The molecule has 1 atom stereocenters. The van der Waals surface area contributed by atoms with Crippen molar-refractivity contribution in [2.45, 2.75) is 10.1 Å². The summed E-state index contributed by atoms with van der Waals surface area (Å²) in [6.45, 7) is 0. The van der Waals surface area contributed by atoms with E-state index in [2.05, 4.69) is 5.43 Å². The van der Waals surface area contributed by atoms with Gasteiger partial charge in [-0.3, -0.25) is 10.2 Å². The summed E-state index contributed by atoms with van der Waals surface area (Å²) in [6, 6.07) is 13.5. The summed E-state index contributed by atoms with van der Waals surface area (Å²) >= 11 is 7.00. The number of hydrazine groups is 1. The van der Waals surface area contributed by atoms with Crippen molar-refractivity contribution in [2.75, 3.05) is 0 Å². The summed E-state index contributed by atoms with van der Waals surface area (Å²) < 4.78 is 13.1. The standard InChI is InChI=1S/C14H12ClFN2OS/c15-11-8-10(6-7-12(11)16)20-13(14(19)18-17)9-4-2-1-3-5-9/h1-8,13H,17H2,(H,18,19). The Morgan fingerprint density at radius 2 is 1.95 bits per heavy atom. The first kappa shape index (κ1) is 14.8. The normalized spacial score (nSPS) is 11.9. The van der Waals surface area contributed by atoms with Crippen LogP contribution in [0.4, 0.5) is 4.39 Å². The van der Waals surface area contributed by atoms with Crippen LogP contribution < -0.4 is 11.3 Å². The Morgan fingerprint density at radius 3 is 2.55 bits per heavy atom. The Balaban J connectivity index is 2.28. The molecule has 0 aliphatic heterocycles. The molecule has 3 nitrogen and oxygen atoms in total. The van der Waals surface area contributed by atoms with Gasteiger partial charge in [0, 0.05) is 4.90 Å². The topological polar surface area (TPSA) is 55.1 Å². The lowest BCUT2D eigenvalue weighted by Crippen LogP contribution is -2.33. The van der Waals surface area contributed by atoms with E-state index in [1.807, 2.05) is 30.3 Å². The first-order chi connectivity index (χ1) is 9.61. The summed E-state index contributed by atoms with van der Waals surface area (Å²) in [6.07, 6.45) is 0. The molecular formula is C14H12ClFN2OS. The van der Waals surface area contributed by atoms with Gasteiger partial charge in [0.05, 0.1) is 5.02 Å². The molecule has 2 aromatic rings. The number of halogens is 2. The molecule has 0 fully saturated rings. The highest BCUT2D eigenvalue weighted by Crippen LogP contribution is 2.36. The molecule has 0 aliphatic rings. The molecule has 0 aromatic heterocycles. The third kappa shape index (κ3) is 3.50. The van der Waals surface area contributed by atoms with Crippen LogP contribution in [0.15, 0.2) is 53.4 Å². The van der Waals surface area contributed by atoms with Crippen LogP contribution in [0, 0.1) is 5.82 Å². The van der Waals surface area contributed by atoms with Gasteiger partial charge in [-0.1, -0.05) is 41.9 Å².